The first kappa shape index (κ1) is 22.1. The van der Waals surface area contributed by atoms with Crippen molar-refractivity contribution >= 4 is 22.7 Å². The third-order valence-electron chi connectivity index (χ3n) is 5.94. The van der Waals surface area contributed by atoms with Gasteiger partial charge in [-0.15, -0.1) is 0 Å². The summed E-state index contributed by atoms with van der Waals surface area (Å²) in [6, 6.07) is 7.73. The number of H-pyrrole nitrogens is 1. The number of nitrogens with one attached hydrogen (secondary N) is 4. The van der Waals surface area contributed by atoms with Crippen LogP contribution in [0.5, 0.6) is 5.75 Å². The summed E-state index contributed by atoms with van der Waals surface area (Å²) in [6.07, 6.45) is 1.74. The Labute approximate surface area is 185 Å². The van der Waals surface area contributed by atoms with Gasteiger partial charge in [-0.2, -0.15) is 5.26 Å². The van der Waals surface area contributed by atoms with Crippen molar-refractivity contribution in [1.29, 1.82) is 5.26 Å². The largest absolute Gasteiger partial charge is 0.496 e. The molecule has 1 aromatic carbocycles. The maximum Gasteiger partial charge on any atom is 0.268 e. The molecule has 1 saturated carbocycles. The fourth-order valence-corrected chi connectivity index (χ4v) is 3.99. The summed E-state index contributed by atoms with van der Waals surface area (Å²) in [4.78, 5) is 30.6. The minimum absolute atomic E-state index is 0.197. The summed E-state index contributed by atoms with van der Waals surface area (Å²) in [5.41, 5.74) is 1.10. The van der Waals surface area contributed by atoms with Crippen LogP contribution >= 0.6 is 0 Å². The number of amides is 2. The molecule has 2 fully saturated rings. The Morgan fingerprint density at radius 1 is 1.38 bits per heavy atom. The molecule has 10 nitrogen and oxygen atoms in total. The molecule has 3 unspecified atom stereocenters. The van der Waals surface area contributed by atoms with Gasteiger partial charge in [-0.3, -0.25) is 19.8 Å². The molecule has 1 aliphatic carbocycles. The second-order valence-corrected chi connectivity index (χ2v) is 8.32. The average Bonchev–Trinajstić information content (AvgIpc) is 3.35. The summed E-state index contributed by atoms with van der Waals surface area (Å²) in [7, 11) is 1.57. The van der Waals surface area contributed by atoms with E-state index in [0.29, 0.717) is 36.9 Å². The number of rotatable bonds is 9. The van der Waals surface area contributed by atoms with E-state index < -0.39 is 30.2 Å². The summed E-state index contributed by atoms with van der Waals surface area (Å²) < 4.78 is 5.35. The molecule has 10 heteroatoms. The topological polar surface area (TPSA) is 143 Å². The Balaban J connectivity index is 1.44. The minimum atomic E-state index is -0.830. The SMILES string of the molecule is COc1cccc2[nH]c(C(=O)NC(CC3CC3)C(=O)NC(C#N)CN3CCNC3O)cc12. The van der Waals surface area contributed by atoms with Crippen molar-refractivity contribution in [2.45, 2.75) is 37.7 Å². The van der Waals surface area contributed by atoms with Gasteiger partial charge in [-0.25, -0.2) is 0 Å². The van der Waals surface area contributed by atoms with Gasteiger partial charge in [0.1, 0.15) is 23.5 Å². The first-order chi connectivity index (χ1) is 15.5. The normalized spacial score (nSPS) is 20.5. The second-order valence-electron chi connectivity index (χ2n) is 8.32. The van der Waals surface area contributed by atoms with E-state index >= 15 is 0 Å². The lowest BCUT2D eigenvalue weighted by Gasteiger charge is -2.24. The third-order valence-corrected chi connectivity index (χ3v) is 5.94. The highest BCUT2D eigenvalue weighted by atomic mass is 16.5. The number of hydrogen-bond donors (Lipinski definition) is 5. The molecule has 5 N–H and O–H groups in total. The van der Waals surface area contributed by atoms with Crippen LogP contribution in [0.3, 0.4) is 0 Å². The maximum absolute atomic E-state index is 13.0. The van der Waals surface area contributed by atoms with E-state index in [-0.39, 0.29) is 6.54 Å². The van der Waals surface area contributed by atoms with E-state index in [1.165, 1.54) is 0 Å². The summed E-state index contributed by atoms with van der Waals surface area (Å²) >= 11 is 0. The number of benzene rings is 1. The number of fused-ring (bicyclic) bond motifs is 1. The fraction of sp³-hybridized carbons (Fsp3) is 0.500. The summed E-state index contributed by atoms with van der Waals surface area (Å²) in [5.74, 6) is 0.253. The lowest BCUT2D eigenvalue weighted by Crippen LogP contribution is -2.52. The van der Waals surface area contributed by atoms with Gasteiger partial charge in [0.2, 0.25) is 5.91 Å². The molecule has 2 aliphatic rings. The zero-order valence-corrected chi connectivity index (χ0v) is 17.9. The van der Waals surface area contributed by atoms with Gasteiger partial charge in [-0.1, -0.05) is 18.9 Å². The van der Waals surface area contributed by atoms with Crippen LogP contribution in [0, 0.1) is 17.2 Å². The zero-order chi connectivity index (χ0) is 22.7. The highest BCUT2D eigenvalue weighted by Crippen LogP contribution is 2.33. The van der Waals surface area contributed by atoms with Crippen LogP contribution in [-0.2, 0) is 4.79 Å². The molecular weight excluding hydrogens is 412 g/mol. The number of hydrogen-bond acceptors (Lipinski definition) is 7. The minimum Gasteiger partial charge on any atom is -0.496 e. The quantitative estimate of drug-likeness (QED) is 0.377. The summed E-state index contributed by atoms with van der Waals surface area (Å²) in [5, 5.41) is 28.6. The number of carbonyl (C=O) groups excluding carboxylic acids is 2. The van der Waals surface area contributed by atoms with Crippen LogP contribution in [0.2, 0.25) is 0 Å². The van der Waals surface area contributed by atoms with E-state index in [4.69, 9.17) is 4.74 Å². The number of nitriles is 1. The van der Waals surface area contributed by atoms with E-state index in [2.05, 4.69) is 27.0 Å². The van der Waals surface area contributed by atoms with E-state index in [9.17, 15) is 20.0 Å². The molecule has 3 atom stereocenters. The lowest BCUT2D eigenvalue weighted by atomic mass is 10.1. The van der Waals surface area contributed by atoms with Gasteiger partial charge in [0.25, 0.3) is 5.91 Å². The van der Waals surface area contributed by atoms with Gasteiger partial charge in [0, 0.05) is 30.5 Å². The molecule has 2 heterocycles. The van der Waals surface area contributed by atoms with Crippen LogP contribution in [0.25, 0.3) is 10.9 Å². The Kier molecular flexibility index (Phi) is 6.60. The average molecular weight is 441 g/mol. The molecule has 1 saturated heterocycles. The monoisotopic (exact) mass is 440 g/mol. The third kappa shape index (κ3) is 5.02. The van der Waals surface area contributed by atoms with E-state index in [1.54, 1.807) is 18.1 Å². The second kappa shape index (κ2) is 9.56. The number of ether oxygens (including phenoxy) is 1. The highest BCUT2D eigenvalue weighted by Gasteiger charge is 2.33. The van der Waals surface area contributed by atoms with Gasteiger partial charge in [0.15, 0.2) is 6.35 Å². The molecule has 170 valence electrons. The molecule has 1 aliphatic heterocycles. The van der Waals surface area contributed by atoms with Crippen molar-refractivity contribution in [3.63, 3.8) is 0 Å². The first-order valence-corrected chi connectivity index (χ1v) is 10.8. The van der Waals surface area contributed by atoms with Crippen LogP contribution in [-0.4, -0.2) is 72.0 Å². The zero-order valence-electron chi connectivity index (χ0n) is 17.9. The Morgan fingerprint density at radius 3 is 2.84 bits per heavy atom. The molecule has 1 aromatic heterocycles. The predicted octanol–water partition coefficient (Wildman–Crippen LogP) is 0.264. The van der Waals surface area contributed by atoms with Crippen LogP contribution in [0.15, 0.2) is 24.3 Å². The van der Waals surface area contributed by atoms with Crippen LogP contribution < -0.4 is 20.7 Å². The number of aliphatic hydroxyl groups is 1. The van der Waals surface area contributed by atoms with Gasteiger partial charge >= 0.3 is 0 Å². The molecule has 32 heavy (non-hydrogen) atoms. The smallest absolute Gasteiger partial charge is 0.268 e. The number of aliphatic hydroxyl groups excluding tert-OH is 1. The number of aromatic amines is 1. The molecule has 4 rings (SSSR count). The molecule has 0 radical (unpaired) electrons. The van der Waals surface area contributed by atoms with Gasteiger partial charge < -0.3 is 25.5 Å². The number of nitrogens with zero attached hydrogens (tertiary/aromatic N) is 2. The molecule has 2 aromatic rings. The predicted molar refractivity (Wildman–Crippen MR) is 117 cm³/mol. The number of methoxy groups -OCH3 is 1. The molecule has 2 amide bonds. The van der Waals surface area contributed by atoms with Crippen molar-refractivity contribution in [2.75, 3.05) is 26.7 Å². The fourth-order valence-electron chi connectivity index (χ4n) is 3.99. The Hall–Kier alpha value is -3.13. The van der Waals surface area contributed by atoms with E-state index in [1.807, 2.05) is 18.2 Å². The van der Waals surface area contributed by atoms with Crippen molar-refractivity contribution in [3.8, 4) is 11.8 Å². The number of carbonyl (C=O) groups is 2. The molecular formula is C22H28N6O4. The van der Waals surface area contributed by atoms with Crippen molar-refractivity contribution in [1.82, 2.24) is 25.8 Å². The Morgan fingerprint density at radius 2 is 2.19 bits per heavy atom. The molecule has 0 spiro atoms. The maximum atomic E-state index is 13.0. The van der Waals surface area contributed by atoms with E-state index in [0.717, 1.165) is 23.7 Å². The van der Waals surface area contributed by atoms with Crippen molar-refractivity contribution < 1.29 is 19.4 Å². The van der Waals surface area contributed by atoms with Gasteiger partial charge in [0.05, 0.1) is 13.2 Å². The Bertz CT molecular complexity index is 1030. The highest BCUT2D eigenvalue weighted by molar-refractivity contribution is 6.01. The van der Waals surface area contributed by atoms with Crippen molar-refractivity contribution in [2.24, 2.45) is 5.92 Å². The molecule has 0 bridgehead atoms. The summed E-state index contributed by atoms with van der Waals surface area (Å²) in [6.45, 7) is 1.40. The standard InChI is InChI=1S/C22H28N6O4/c1-32-19-4-2-3-16-15(19)10-18(26-16)21(30)27-17(9-13-5-6-13)20(29)25-14(11-23)12-28-8-7-24-22(28)31/h2-4,10,13-14,17,22,24,26,31H,5-9,12H2,1H3,(H,25,29)(H,27,30). The van der Waals surface area contributed by atoms with Crippen LogP contribution in [0.4, 0.5) is 0 Å². The number of aromatic nitrogens is 1. The van der Waals surface area contributed by atoms with Gasteiger partial charge in [-0.05, 0) is 30.5 Å². The lowest BCUT2D eigenvalue weighted by molar-refractivity contribution is -0.123. The van der Waals surface area contributed by atoms with Crippen molar-refractivity contribution in [3.05, 3.63) is 30.0 Å². The first-order valence-electron chi connectivity index (χ1n) is 10.8. The van der Waals surface area contributed by atoms with Crippen LogP contribution in [0.1, 0.15) is 29.8 Å².